The van der Waals surface area contributed by atoms with Gasteiger partial charge in [0.05, 0.1) is 6.20 Å². The number of nitrogens with zero attached hydrogens (tertiary/aromatic N) is 3. The minimum Gasteiger partial charge on any atom is -0.305 e. The van der Waals surface area contributed by atoms with E-state index in [4.69, 9.17) is 0 Å². The maximum absolute atomic E-state index is 13.8. The number of hydrogen-bond acceptors (Lipinski definition) is 3. The van der Waals surface area contributed by atoms with Crippen LogP contribution in [0.3, 0.4) is 0 Å². The molecule has 1 aromatic carbocycles. The van der Waals surface area contributed by atoms with Crippen LogP contribution in [-0.2, 0) is 6.54 Å². The lowest BCUT2D eigenvalue weighted by atomic mass is 10.1. The second kappa shape index (κ2) is 5.81. The molecule has 1 aliphatic heterocycles. The highest BCUT2D eigenvalue weighted by Crippen LogP contribution is 2.26. The molecule has 0 aliphatic carbocycles. The first-order valence-electron chi connectivity index (χ1n) is 6.95. The van der Waals surface area contributed by atoms with Gasteiger partial charge in [0, 0.05) is 31.4 Å². The smallest absolute Gasteiger partial charge is 0.279 e. The standard InChI is InChI=1S/C16H15F2N3O/c1-20-6-7-21(14-5-3-2-4-11(14)10-20)16(22)15-13(18)8-12(17)9-19-15/h2-5,8-9H,6-7,10H2,1H3. The predicted molar refractivity (Wildman–Crippen MR) is 78.6 cm³/mol. The minimum absolute atomic E-state index is 0.360. The number of benzene rings is 1. The van der Waals surface area contributed by atoms with Gasteiger partial charge in [-0.25, -0.2) is 13.8 Å². The second-order valence-corrected chi connectivity index (χ2v) is 5.31. The van der Waals surface area contributed by atoms with Crippen LogP contribution in [0.5, 0.6) is 0 Å². The van der Waals surface area contributed by atoms with E-state index >= 15 is 0 Å². The first kappa shape index (κ1) is 14.6. The maximum Gasteiger partial charge on any atom is 0.279 e. The van der Waals surface area contributed by atoms with Crippen molar-refractivity contribution in [3.8, 4) is 0 Å². The summed E-state index contributed by atoms with van der Waals surface area (Å²) in [5.74, 6) is -2.30. The highest BCUT2D eigenvalue weighted by Gasteiger charge is 2.26. The summed E-state index contributed by atoms with van der Waals surface area (Å²) in [6, 6.07) is 8.17. The molecular formula is C16H15F2N3O. The molecule has 0 radical (unpaired) electrons. The van der Waals surface area contributed by atoms with Crippen molar-refractivity contribution in [3.05, 3.63) is 59.4 Å². The van der Waals surface area contributed by atoms with Crippen molar-refractivity contribution in [1.82, 2.24) is 9.88 Å². The number of pyridine rings is 1. The molecule has 0 N–H and O–H groups in total. The van der Waals surface area contributed by atoms with E-state index in [0.717, 1.165) is 17.4 Å². The number of amides is 1. The number of likely N-dealkylation sites (N-methyl/N-ethyl adjacent to an activating group) is 1. The normalized spacial score (nSPS) is 15.3. The zero-order valence-corrected chi connectivity index (χ0v) is 12.1. The van der Waals surface area contributed by atoms with Crippen molar-refractivity contribution in [1.29, 1.82) is 0 Å². The molecule has 6 heteroatoms. The van der Waals surface area contributed by atoms with Crippen molar-refractivity contribution in [2.75, 3.05) is 25.0 Å². The van der Waals surface area contributed by atoms with Crippen molar-refractivity contribution < 1.29 is 13.6 Å². The number of carbonyl (C=O) groups is 1. The number of anilines is 1. The fourth-order valence-electron chi connectivity index (χ4n) is 2.58. The molecule has 2 heterocycles. The van der Waals surface area contributed by atoms with E-state index in [2.05, 4.69) is 9.88 Å². The van der Waals surface area contributed by atoms with Crippen LogP contribution in [-0.4, -0.2) is 35.9 Å². The molecular weight excluding hydrogens is 288 g/mol. The van der Waals surface area contributed by atoms with Crippen molar-refractivity contribution in [2.24, 2.45) is 0 Å². The number of aromatic nitrogens is 1. The molecule has 0 saturated heterocycles. The van der Waals surface area contributed by atoms with Gasteiger partial charge in [0.25, 0.3) is 5.91 Å². The number of hydrogen-bond donors (Lipinski definition) is 0. The fourth-order valence-corrected chi connectivity index (χ4v) is 2.58. The number of carbonyl (C=O) groups excluding carboxylic acids is 1. The van der Waals surface area contributed by atoms with Gasteiger partial charge >= 0.3 is 0 Å². The largest absolute Gasteiger partial charge is 0.305 e. The molecule has 0 unspecified atom stereocenters. The van der Waals surface area contributed by atoms with Gasteiger partial charge in [-0.2, -0.15) is 0 Å². The van der Waals surface area contributed by atoms with Gasteiger partial charge in [-0.15, -0.1) is 0 Å². The molecule has 2 aromatic rings. The Kier molecular flexibility index (Phi) is 3.85. The van der Waals surface area contributed by atoms with Gasteiger partial charge in [-0.1, -0.05) is 18.2 Å². The van der Waals surface area contributed by atoms with E-state index < -0.39 is 17.5 Å². The molecule has 22 heavy (non-hydrogen) atoms. The van der Waals surface area contributed by atoms with Crippen LogP contribution in [0.15, 0.2) is 36.5 Å². The Bertz CT molecular complexity index is 720. The fraction of sp³-hybridized carbons (Fsp3) is 0.250. The molecule has 0 saturated carbocycles. The molecule has 0 atom stereocenters. The molecule has 3 rings (SSSR count). The monoisotopic (exact) mass is 303 g/mol. The molecule has 1 aromatic heterocycles. The van der Waals surface area contributed by atoms with Gasteiger partial charge in [-0.3, -0.25) is 4.79 Å². The second-order valence-electron chi connectivity index (χ2n) is 5.31. The average Bonchev–Trinajstić information content (AvgIpc) is 2.65. The SMILES string of the molecule is CN1CCN(C(=O)c2ncc(F)cc2F)c2ccccc2C1. The summed E-state index contributed by atoms with van der Waals surface area (Å²) in [7, 11) is 1.96. The lowest BCUT2D eigenvalue weighted by molar-refractivity contribution is 0.0976. The summed E-state index contributed by atoms with van der Waals surface area (Å²) >= 11 is 0. The van der Waals surface area contributed by atoms with Crippen molar-refractivity contribution >= 4 is 11.6 Å². The first-order chi connectivity index (χ1) is 10.6. The molecule has 0 fully saturated rings. The van der Waals surface area contributed by atoms with E-state index in [0.29, 0.717) is 25.7 Å². The number of halogens is 2. The van der Waals surface area contributed by atoms with Crippen LogP contribution < -0.4 is 4.90 Å². The third-order valence-corrected chi connectivity index (χ3v) is 3.68. The quantitative estimate of drug-likeness (QED) is 0.812. The Morgan fingerprint density at radius 2 is 2.00 bits per heavy atom. The van der Waals surface area contributed by atoms with Gasteiger partial charge in [0.1, 0.15) is 5.82 Å². The van der Waals surface area contributed by atoms with Gasteiger partial charge in [0.15, 0.2) is 11.5 Å². The molecule has 114 valence electrons. The van der Waals surface area contributed by atoms with E-state index in [1.165, 1.54) is 4.90 Å². The number of rotatable bonds is 1. The number of para-hydroxylation sites is 1. The summed E-state index contributed by atoms with van der Waals surface area (Å²) in [5, 5.41) is 0. The topological polar surface area (TPSA) is 36.4 Å². The highest BCUT2D eigenvalue weighted by atomic mass is 19.1. The lowest BCUT2D eigenvalue weighted by Gasteiger charge is -2.22. The van der Waals surface area contributed by atoms with Crippen LogP contribution in [0.25, 0.3) is 0 Å². The first-order valence-corrected chi connectivity index (χ1v) is 6.95. The minimum atomic E-state index is -0.944. The Morgan fingerprint density at radius 3 is 2.77 bits per heavy atom. The Hall–Kier alpha value is -2.34. The van der Waals surface area contributed by atoms with Crippen LogP contribution in [0.1, 0.15) is 16.1 Å². The van der Waals surface area contributed by atoms with Crippen LogP contribution in [0.4, 0.5) is 14.5 Å². The Balaban J connectivity index is 2.02. The van der Waals surface area contributed by atoms with Gasteiger partial charge in [0.2, 0.25) is 0 Å². The molecule has 4 nitrogen and oxygen atoms in total. The number of fused-ring (bicyclic) bond motifs is 1. The molecule has 0 spiro atoms. The Labute approximate surface area is 127 Å². The Morgan fingerprint density at radius 1 is 1.23 bits per heavy atom. The van der Waals surface area contributed by atoms with Crippen molar-refractivity contribution in [3.63, 3.8) is 0 Å². The average molecular weight is 303 g/mol. The third kappa shape index (κ3) is 2.69. The van der Waals surface area contributed by atoms with E-state index in [9.17, 15) is 13.6 Å². The summed E-state index contributed by atoms with van der Waals surface area (Å²) in [6.07, 6.45) is 0.853. The third-order valence-electron chi connectivity index (χ3n) is 3.68. The van der Waals surface area contributed by atoms with Gasteiger partial charge in [-0.05, 0) is 18.7 Å². The maximum atomic E-state index is 13.8. The summed E-state index contributed by atoms with van der Waals surface area (Å²) in [6.45, 7) is 1.79. The molecule has 1 amide bonds. The van der Waals surface area contributed by atoms with E-state index in [1.807, 2.05) is 31.3 Å². The van der Waals surface area contributed by atoms with Gasteiger partial charge < -0.3 is 9.80 Å². The lowest BCUT2D eigenvalue weighted by Crippen LogP contribution is -2.36. The van der Waals surface area contributed by atoms with Crippen molar-refractivity contribution in [2.45, 2.75) is 6.54 Å². The summed E-state index contributed by atoms with van der Waals surface area (Å²) < 4.78 is 26.8. The summed E-state index contributed by atoms with van der Waals surface area (Å²) in [5.41, 5.74) is 1.36. The van der Waals surface area contributed by atoms with Crippen LogP contribution in [0.2, 0.25) is 0 Å². The zero-order valence-electron chi connectivity index (χ0n) is 12.1. The van der Waals surface area contributed by atoms with Crippen LogP contribution in [0, 0.1) is 11.6 Å². The zero-order chi connectivity index (χ0) is 15.7. The summed E-state index contributed by atoms with van der Waals surface area (Å²) in [4.78, 5) is 19.8. The predicted octanol–water partition coefficient (Wildman–Crippen LogP) is 2.45. The molecule has 0 bridgehead atoms. The highest BCUT2D eigenvalue weighted by molar-refractivity contribution is 6.05. The molecule has 1 aliphatic rings. The van der Waals surface area contributed by atoms with E-state index in [-0.39, 0.29) is 5.69 Å². The van der Waals surface area contributed by atoms with E-state index in [1.54, 1.807) is 0 Å². The van der Waals surface area contributed by atoms with Crippen LogP contribution >= 0.6 is 0 Å².